The molecule has 42 heavy (non-hydrogen) atoms. The lowest BCUT2D eigenvalue weighted by molar-refractivity contribution is -0.127. The topological polar surface area (TPSA) is 152 Å². The molecular weight excluding hydrogens is 540 g/mol. The van der Waals surface area contributed by atoms with Crippen molar-refractivity contribution in [1.82, 2.24) is 16.0 Å². The molecule has 1 atom stereocenters. The van der Waals surface area contributed by atoms with Crippen LogP contribution in [0.2, 0.25) is 0 Å². The summed E-state index contributed by atoms with van der Waals surface area (Å²) >= 11 is 0. The number of carbonyl (C=O) groups is 5. The van der Waals surface area contributed by atoms with Crippen molar-refractivity contribution >= 4 is 35.2 Å². The van der Waals surface area contributed by atoms with Crippen molar-refractivity contribution in [2.24, 2.45) is 5.92 Å². The Hall–Kier alpha value is -3.73. The Balaban J connectivity index is 1.51. The van der Waals surface area contributed by atoms with E-state index in [4.69, 9.17) is 9.47 Å². The molecule has 0 fully saturated rings. The van der Waals surface area contributed by atoms with Gasteiger partial charge < -0.3 is 30.7 Å². The second-order valence-electron chi connectivity index (χ2n) is 10.4. The smallest absolute Gasteiger partial charge is 0.407 e. The molecule has 0 spiro atoms. The molecule has 4 N–H and O–H groups in total. The molecule has 1 unspecified atom stereocenters. The Kier molecular flexibility index (Phi) is 15.9. The number of allylic oxidation sites excluding steroid dienone is 2. The summed E-state index contributed by atoms with van der Waals surface area (Å²) in [6.07, 6.45) is 5.86. The Labute approximate surface area is 248 Å². The summed E-state index contributed by atoms with van der Waals surface area (Å²) in [7, 11) is 1.84. The van der Waals surface area contributed by atoms with Gasteiger partial charge in [-0.3, -0.25) is 19.2 Å². The lowest BCUT2D eigenvalue weighted by Gasteiger charge is -2.19. The lowest BCUT2D eigenvalue weighted by atomic mass is 9.90. The predicted octanol–water partition coefficient (Wildman–Crippen LogP) is 3.89. The molecule has 1 aliphatic carbocycles. The third-order valence-corrected chi connectivity index (χ3v) is 7.06. The number of hydrogen-bond acceptors (Lipinski definition) is 8. The summed E-state index contributed by atoms with van der Waals surface area (Å²) in [5.41, 5.74) is 2.88. The number of ether oxygens (including phenoxy) is 2. The Morgan fingerprint density at radius 1 is 0.857 bits per heavy atom. The summed E-state index contributed by atoms with van der Waals surface area (Å²) in [6, 6.07) is 6.68. The molecule has 232 valence electrons. The van der Waals surface area contributed by atoms with Crippen LogP contribution in [0.4, 0.5) is 10.5 Å². The van der Waals surface area contributed by atoms with Gasteiger partial charge in [0.1, 0.15) is 12.2 Å². The fourth-order valence-electron chi connectivity index (χ4n) is 4.44. The van der Waals surface area contributed by atoms with Gasteiger partial charge in [-0.25, -0.2) is 4.79 Å². The van der Waals surface area contributed by atoms with Crippen molar-refractivity contribution < 1.29 is 33.4 Å². The molecule has 1 aromatic rings. The average Bonchev–Trinajstić information content (AvgIpc) is 2.98. The zero-order valence-corrected chi connectivity index (χ0v) is 25.1. The fraction of sp³-hybridized carbons (Fsp3) is 0.581. The molecule has 11 heteroatoms. The van der Waals surface area contributed by atoms with E-state index in [0.717, 1.165) is 56.2 Å². The molecule has 0 heterocycles. The van der Waals surface area contributed by atoms with E-state index in [1.165, 1.54) is 0 Å². The zero-order valence-electron chi connectivity index (χ0n) is 25.1. The van der Waals surface area contributed by atoms with Crippen molar-refractivity contribution in [3.63, 3.8) is 0 Å². The first kappa shape index (κ1) is 34.5. The summed E-state index contributed by atoms with van der Waals surface area (Å²) in [4.78, 5) is 60.0. The predicted molar refractivity (Wildman–Crippen MR) is 160 cm³/mol. The van der Waals surface area contributed by atoms with E-state index in [-0.39, 0.29) is 43.7 Å². The second kappa shape index (κ2) is 19.4. The number of alkyl carbamates (subject to hydrolysis) is 1. The van der Waals surface area contributed by atoms with E-state index in [2.05, 4.69) is 21.3 Å². The quantitative estimate of drug-likeness (QED) is 0.108. The third-order valence-electron chi connectivity index (χ3n) is 7.06. The standard InChI is InChI=1S/C31H46N4O7/c1-22(23(2)36)9-6-7-16-34-31(40)42-19-8-18-41-20-17-33-28(37)21-29(38)35-25-14-12-24(13-15-25)30(39)26-10-4-5-11-27(26)32-3/h12-15,22,32H,4-11,16-21H2,1-3H3,(H,33,37)(H,34,40)(H,35,38). The van der Waals surface area contributed by atoms with Crippen LogP contribution in [0.25, 0.3) is 0 Å². The van der Waals surface area contributed by atoms with Crippen LogP contribution in [0.1, 0.15) is 82.0 Å². The molecular formula is C31H46N4O7. The van der Waals surface area contributed by atoms with Crippen molar-refractivity contribution in [2.45, 2.75) is 71.6 Å². The monoisotopic (exact) mass is 586 g/mol. The first-order valence-corrected chi connectivity index (χ1v) is 14.8. The minimum atomic E-state index is -0.482. The maximum atomic E-state index is 12.9. The number of ketones is 2. The number of nitrogens with one attached hydrogen (secondary N) is 4. The van der Waals surface area contributed by atoms with Gasteiger partial charge >= 0.3 is 6.09 Å². The first-order chi connectivity index (χ1) is 20.2. The molecule has 3 amide bonds. The minimum absolute atomic E-state index is 0.00373. The summed E-state index contributed by atoms with van der Waals surface area (Å²) in [5, 5.41) is 11.1. The van der Waals surface area contributed by atoms with Crippen LogP contribution < -0.4 is 21.3 Å². The van der Waals surface area contributed by atoms with E-state index < -0.39 is 17.9 Å². The van der Waals surface area contributed by atoms with Crippen LogP contribution in [0.5, 0.6) is 0 Å². The van der Waals surface area contributed by atoms with Gasteiger partial charge in [0.2, 0.25) is 11.8 Å². The van der Waals surface area contributed by atoms with Gasteiger partial charge in [0.15, 0.2) is 5.78 Å². The van der Waals surface area contributed by atoms with Gasteiger partial charge in [-0.1, -0.05) is 13.3 Å². The Bertz CT molecular complexity index is 1090. The van der Waals surface area contributed by atoms with Gasteiger partial charge in [0.05, 0.1) is 13.2 Å². The van der Waals surface area contributed by atoms with E-state index in [1.54, 1.807) is 31.2 Å². The van der Waals surface area contributed by atoms with Crippen molar-refractivity contribution in [3.8, 4) is 0 Å². The number of benzene rings is 1. The van der Waals surface area contributed by atoms with Crippen LogP contribution >= 0.6 is 0 Å². The minimum Gasteiger partial charge on any atom is -0.449 e. The summed E-state index contributed by atoms with van der Waals surface area (Å²) in [6.45, 7) is 5.08. The Morgan fingerprint density at radius 3 is 2.31 bits per heavy atom. The highest BCUT2D eigenvalue weighted by atomic mass is 16.5. The van der Waals surface area contributed by atoms with Gasteiger partial charge in [-0.2, -0.15) is 0 Å². The molecule has 0 bridgehead atoms. The molecule has 0 saturated heterocycles. The molecule has 0 saturated carbocycles. The highest BCUT2D eigenvalue weighted by Gasteiger charge is 2.20. The first-order valence-electron chi connectivity index (χ1n) is 14.8. The SMILES string of the molecule is CNC1=C(C(=O)c2ccc(NC(=O)CC(=O)NCCOCCCOC(=O)NCCCCC(C)C(C)=O)cc2)CCCC1. The maximum Gasteiger partial charge on any atom is 0.407 e. The van der Waals surface area contributed by atoms with E-state index >= 15 is 0 Å². The number of amides is 3. The molecule has 11 nitrogen and oxygen atoms in total. The summed E-state index contributed by atoms with van der Waals surface area (Å²) < 4.78 is 10.5. The van der Waals surface area contributed by atoms with Crippen molar-refractivity contribution in [3.05, 3.63) is 41.1 Å². The largest absolute Gasteiger partial charge is 0.449 e. The summed E-state index contributed by atoms with van der Waals surface area (Å²) in [5.74, 6) is -0.658. The number of hydrogen-bond donors (Lipinski definition) is 4. The fourth-order valence-corrected chi connectivity index (χ4v) is 4.44. The molecule has 1 aliphatic rings. The zero-order chi connectivity index (χ0) is 30.7. The van der Waals surface area contributed by atoms with E-state index in [0.29, 0.717) is 30.8 Å². The van der Waals surface area contributed by atoms with Crippen LogP contribution in [0.3, 0.4) is 0 Å². The van der Waals surface area contributed by atoms with Crippen LogP contribution in [-0.4, -0.2) is 69.4 Å². The lowest BCUT2D eigenvalue weighted by Crippen LogP contribution is -2.31. The van der Waals surface area contributed by atoms with Gasteiger partial charge in [-0.05, 0) is 69.7 Å². The normalized spacial score (nSPS) is 13.6. The molecule has 2 rings (SSSR count). The van der Waals surface area contributed by atoms with E-state index in [1.807, 2.05) is 14.0 Å². The van der Waals surface area contributed by atoms with Crippen LogP contribution in [-0.2, 0) is 23.9 Å². The Morgan fingerprint density at radius 2 is 1.60 bits per heavy atom. The van der Waals surface area contributed by atoms with Gasteiger partial charge in [0.25, 0.3) is 0 Å². The maximum absolute atomic E-state index is 12.9. The number of carbonyl (C=O) groups excluding carboxylic acids is 5. The molecule has 0 aromatic heterocycles. The molecule has 0 aliphatic heterocycles. The van der Waals surface area contributed by atoms with Crippen molar-refractivity contribution in [2.75, 3.05) is 45.3 Å². The number of rotatable bonds is 19. The number of unbranched alkanes of at least 4 members (excludes halogenated alkanes) is 1. The van der Waals surface area contributed by atoms with Gasteiger partial charge in [-0.15, -0.1) is 0 Å². The number of Topliss-reactive ketones (excluding diaryl/α,β-unsaturated/α-hetero) is 2. The highest BCUT2D eigenvalue weighted by molar-refractivity contribution is 6.09. The average molecular weight is 587 g/mol. The third kappa shape index (κ3) is 13.3. The second-order valence-corrected chi connectivity index (χ2v) is 10.4. The van der Waals surface area contributed by atoms with E-state index in [9.17, 15) is 24.0 Å². The highest BCUT2D eigenvalue weighted by Crippen LogP contribution is 2.26. The van der Waals surface area contributed by atoms with Crippen molar-refractivity contribution in [1.29, 1.82) is 0 Å². The molecule has 1 aromatic carbocycles. The molecule has 0 radical (unpaired) electrons. The number of anilines is 1. The van der Waals surface area contributed by atoms with Crippen LogP contribution in [0.15, 0.2) is 35.5 Å². The van der Waals surface area contributed by atoms with Gasteiger partial charge in [0, 0.05) is 61.6 Å². The van der Waals surface area contributed by atoms with Crippen LogP contribution in [0, 0.1) is 5.92 Å².